The van der Waals surface area contributed by atoms with Crippen LogP contribution in [0.1, 0.15) is 54.4 Å². The van der Waals surface area contributed by atoms with E-state index in [0.717, 1.165) is 47.8 Å². The number of halogens is 1. The summed E-state index contributed by atoms with van der Waals surface area (Å²) < 4.78 is 11.3. The van der Waals surface area contributed by atoms with Gasteiger partial charge in [-0.1, -0.05) is 65.7 Å². The number of pyridine rings is 1. The van der Waals surface area contributed by atoms with Gasteiger partial charge in [0.25, 0.3) is 0 Å². The Morgan fingerprint density at radius 2 is 2.00 bits per heavy atom. The fourth-order valence-electron chi connectivity index (χ4n) is 4.94. The molecule has 212 valence electrons. The smallest absolute Gasteiger partial charge is 0.325 e. The van der Waals surface area contributed by atoms with E-state index < -0.39 is 12.0 Å². The maximum Gasteiger partial charge on any atom is 0.325 e. The lowest BCUT2D eigenvalue weighted by molar-refractivity contribution is -0.146. The number of allylic oxidation sites excluding steroid dienone is 4. The molecule has 0 amide bonds. The normalized spacial score (nSPS) is 15.5. The number of aromatic nitrogens is 1. The molecule has 1 heterocycles. The van der Waals surface area contributed by atoms with Crippen molar-refractivity contribution in [3.05, 3.63) is 117 Å². The molecule has 2 atom stereocenters. The highest BCUT2D eigenvalue weighted by atomic mass is 35.5. The molecular weight excluding hydrogens is 535 g/mol. The number of nitrogens with one attached hydrogen (secondary N) is 1. The van der Waals surface area contributed by atoms with Crippen LogP contribution >= 0.6 is 11.6 Å². The summed E-state index contributed by atoms with van der Waals surface area (Å²) in [4.78, 5) is 16.3. The molecule has 2 aromatic carbocycles. The molecule has 0 saturated carbocycles. The number of carbonyl (C=O) groups excluding carboxylic acids is 1. The third kappa shape index (κ3) is 8.55. The van der Waals surface area contributed by atoms with Crippen LogP contribution in [0, 0.1) is 0 Å². The van der Waals surface area contributed by atoms with Gasteiger partial charge in [0.15, 0.2) is 0 Å². The lowest BCUT2D eigenvalue weighted by Gasteiger charge is -2.24. The van der Waals surface area contributed by atoms with Crippen molar-refractivity contribution in [1.82, 2.24) is 10.3 Å². The first kappa shape index (κ1) is 30.6. The number of nitrogens with zero attached hydrogens (tertiary/aromatic N) is 1. The minimum Gasteiger partial charge on any atom is -0.489 e. The average molecular weight is 571 g/mol. The standard InChI is InChI=1S/C33H36BClN2O4/c1-2-40-33(39)30(21-38)37-20-27-17-29(35)26(18-31(27)41-22-23-9-8-16-36-19-23)14-6-12-25-13-7-15-28(32(25)34)24-10-4-3-5-11-24/h3-5,7-11,13,16-19,28,30,37-38H,2,6,12,14-15,20-22H2,1H3/t28?,30-/m1/s1. The highest BCUT2D eigenvalue weighted by molar-refractivity contribution is 6.31. The zero-order chi connectivity index (χ0) is 29.0. The summed E-state index contributed by atoms with van der Waals surface area (Å²) in [7, 11) is 6.63. The van der Waals surface area contributed by atoms with Crippen LogP contribution < -0.4 is 10.1 Å². The minimum absolute atomic E-state index is 0.205. The Kier molecular flexibility index (Phi) is 11.6. The lowest BCUT2D eigenvalue weighted by atomic mass is 9.71. The van der Waals surface area contributed by atoms with E-state index >= 15 is 0 Å². The third-order valence-electron chi connectivity index (χ3n) is 7.17. The quantitative estimate of drug-likeness (QED) is 0.188. The zero-order valence-corrected chi connectivity index (χ0v) is 24.1. The first-order valence-electron chi connectivity index (χ1n) is 14.0. The highest BCUT2D eigenvalue weighted by Crippen LogP contribution is 2.35. The van der Waals surface area contributed by atoms with Gasteiger partial charge in [-0.15, -0.1) is 5.47 Å². The maximum absolute atomic E-state index is 12.2. The van der Waals surface area contributed by atoms with Gasteiger partial charge in [-0.2, -0.15) is 0 Å². The van der Waals surface area contributed by atoms with Crippen molar-refractivity contribution in [1.29, 1.82) is 0 Å². The van der Waals surface area contributed by atoms with Crippen LogP contribution in [0.4, 0.5) is 0 Å². The van der Waals surface area contributed by atoms with E-state index in [4.69, 9.17) is 28.9 Å². The Bertz CT molecular complexity index is 1350. The second kappa shape index (κ2) is 15.6. The number of ether oxygens (including phenoxy) is 2. The molecule has 0 saturated heterocycles. The van der Waals surface area contributed by atoms with E-state index in [-0.39, 0.29) is 25.7 Å². The van der Waals surface area contributed by atoms with Gasteiger partial charge < -0.3 is 14.6 Å². The van der Waals surface area contributed by atoms with E-state index in [0.29, 0.717) is 17.4 Å². The van der Waals surface area contributed by atoms with Crippen LogP contribution in [0.25, 0.3) is 0 Å². The Labute approximate surface area is 248 Å². The topological polar surface area (TPSA) is 80.7 Å². The van der Waals surface area contributed by atoms with Crippen molar-refractivity contribution in [2.24, 2.45) is 0 Å². The summed E-state index contributed by atoms with van der Waals surface area (Å²) in [5.74, 6) is 0.355. The lowest BCUT2D eigenvalue weighted by Crippen LogP contribution is -2.40. The second-order valence-corrected chi connectivity index (χ2v) is 10.4. The number of carbonyl (C=O) groups is 1. The summed E-state index contributed by atoms with van der Waals surface area (Å²) in [5.41, 5.74) is 6.02. The summed E-state index contributed by atoms with van der Waals surface area (Å²) in [6, 6.07) is 17.2. The second-order valence-electron chi connectivity index (χ2n) is 10.0. The molecular formula is C33H36BClN2O4. The number of aliphatic hydroxyl groups is 1. The van der Waals surface area contributed by atoms with Crippen LogP contribution in [0.5, 0.6) is 5.75 Å². The molecule has 4 rings (SSSR count). The molecule has 0 aliphatic heterocycles. The van der Waals surface area contributed by atoms with Crippen LogP contribution in [0.2, 0.25) is 5.02 Å². The SMILES string of the molecule is [B]C1=C(CCCc2cc(OCc3cccnc3)c(CN[C@H](CO)C(=O)OCC)cc2Cl)C=CCC1c1ccccc1. The molecule has 1 aliphatic rings. The summed E-state index contributed by atoms with van der Waals surface area (Å²) in [6.45, 7) is 2.18. The Morgan fingerprint density at radius 3 is 2.73 bits per heavy atom. The molecule has 1 aromatic heterocycles. The molecule has 0 bridgehead atoms. The number of hydrogen-bond donors (Lipinski definition) is 2. The highest BCUT2D eigenvalue weighted by Gasteiger charge is 2.20. The number of hydrogen-bond acceptors (Lipinski definition) is 6. The van der Waals surface area contributed by atoms with E-state index in [1.807, 2.05) is 30.3 Å². The molecule has 1 unspecified atom stereocenters. The number of aryl methyl sites for hydroxylation is 1. The molecule has 0 fully saturated rings. The Morgan fingerprint density at radius 1 is 1.17 bits per heavy atom. The van der Waals surface area contributed by atoms with Crippen molar-refractivity contribution >= 4 is 25.4 Å². The van der Waals surface area contributed by atoms with Crippen molar-refractivity contribution in [2.75, 3.05) is 13.2 Å². The fourth-order valence-corrected chi connectivity index (χ4v) is 5.22. The zero-order valence-electron chi connectivity index (χ0n) is 23.4. The molecule has 8 heteroatoms. The average Bonchev–Trinajstić information content (AvgIpc) is 2.99. The van der Waals surface area contributed by atoms with Crippen LogP contribution in [-0.4, -0.2) is 43.2 Å². The van der Waals surface area contributed by atoms with E-state index in [1.165, 1.54) is 11.1 Å². The molecule has 0 spiro atoms. The largest absolute Gasteiger partial charge is 0.489 e. The van der Waals surface area contributed by atoms with Crippen molar-refractivity contribution in [3.8, 4) is 5.75 Å². The monoisotopic (exact) mass is 570 g/mol. The van der Waals surface area contributed by atoms with Crippen LogP contribution in [0.15, 0.2) is 90.2 Å². The first-order valence-corrected chi connectivity index (χ1v) is 14.4. The van der Waals surface area contributed by atoms with Gasteiger partial charge in [0.05, 0.1) is 13.2 Å². The van der Waals surface area contributed by atoms with Gasteiger partial charge in [0, 0.05) is 35.1 Å². The Balaban J connectivity index is 1.47. The first-order chi connectivity index (χ1) is 20.0. The van der Waals surface area contributed by atoms with Gasteiger partial charge in [-0.3, -0.25) is 15.1 Å². The molecule has 3 aromatic rings. The van der Waals surface area contributed by atoms with Crippen molar-refractivity contribution in [2.45, 2.75) is 57.7 Å². The van der Waals surface area contributed by atoms with Gasteiger partial charge in [0.1, 0.15) is 26.2 Å². The number of rotatable bonds is 14. The predicted molar refractivity (Wildman–Crippen MR) is 163 cm³/mol. The van der Waals surface area contributed by atoms with Crippen molar-refractivity contribution < 1.29 is 19.4 Å². The minimum atomic E-state index is -0.846. The molecule has 41 heavy (non-hydrogen) atoms. The van der Waals surface area contributed by atoms with Crippen LogP contribution in [0.3, 0.4) is 0 Å². The van der Waals surface area contributed by atoms with E-state index in [1.54, 1.807) is 19.3 Å². The molecule has 6 nitrogen and oxygen atoms in total. The van der Waals surface area contributed by atoms with E-state index in [9.17, 15) is 9.90 Å². The molecule has 1 aliphatic carbocycles. The van der Waals surface area contributed by atoms with E-state index in [2.05, 4.69) is 46.7 Å². The van der Waals surface area contributed by atoms with Gasteiger partial charge in [-0.25, -0.2) is 0 Å². The van der Waals surface area contributed by atoms with Crippen LogP contribution in [-0.2, 0) is 29.1 Å². The summed E-state index contributed by atoms with van der Waals surface area (Å²) in [6.07, 6.45) is 11.2. The number of benzene rings is 2. The van der Waals surface area contributed by atoms with Gasteiger partial charge in [-0.05, 0) is 67.9 Å². The maximum atomic E-state index is 12.2. The Hall–Kier alpha value is -3.39. The van der Waals surface area contributed by atoms with Gasteiger partial charge >= 0.3 is 5.97 Å². The van der Waals surface area contributed by atoms with Gasteiger partial charge in [0.2, 0.25) is 0 Å². The predicted octanol–water partition coefficient (Wildman–Crippen LogP) is 5.82. The summed E-state index contributed by atoms with van der Waals surface area (Å²) in [5, 5.41) is 13.4. The number of esters is 1. The third-order valence-corrected chi connectivity index (χ3v) is 7.52. The van der Waals surface area contributed by atoms with Crippen molar-refractivity contribution in [3.63, 3.8) is 0 Å². The molecule has 2 N–H and O–H groups in total. The fraction of sp³-hybridized carbons (Fsp3) is 0.333. The number of aliphatic hydroxyl groups excluding tert-OH is 1. The summed E-state index contributed by atoms with van der Waals surface area (Å²) >= 11 is 6.75. The molecule has 2 radical (unpaired) electrons.